The topological polar surface area (TPSA) is 88.6 Å². The molecule has 1 aromatic rings. The number of nitrogens with zero attached hydrogens (tertiary/aromatic N) is 3. The van der Waals surface area contributed by atoms with Gasteiger partial charge in [-0.25, -0.2) is 0 Å². The van der Waals surface area contributed by atoms with Crippen LogP contribution >= 0.6 is 0 Å². The average Bonchev–Trinajstić information content (AvgIpc) is 2.41. The molecule has 2 rings (SSSR count). The zero-order valence-electron chi connectivity index (χ0n) is 11.4. The molecule has 0 saturated carbocycles. The Kier molecular flexibility index (Phi) is 4.51. The number of likely N-dealkylation sites (tertiary alicyclic amines) is 1. The summed E-state index contributed by atoms with van der Waals surface area (Å²) in [7, 11) is 0. The van der Waals surface area contributed by atoms with Crippen molar-refractivity contribution < 1.29 is 10.0 Å². The van der Waals surface area contributed by atoms with Crippen LogP contribution in [0, 0.1) is 16.0 Å². The molecule has 2 atom stereocenters. The van der Waals surface area contributed by atoms with Crippen molar-refractivity contribution in [1.82, 2.24) is 9.47 Å². The monoisotopic (exact) mass is 281 g/mol. The molecule has 2 heterocycles. The quantitative estimate of drug-likeness (QED) is 0.639. The molecule has 0 amide bonds. The minimum absolute atomic E-state index is 0.0862. The van der Waals surface area contributed by atoms with Gasteiger partial charge in [0.05, 0.1) is 17.2 Å². The first-order valence-corrected chi connectivity index (χ1v) is 6.72. The molecule has 0 spiro atoms. The van der Waals surface area contributed by atoms with Gasteiger partial charge >= 0.3 is 0 Å². The van der Waals surface area contributed by atoms with E-state index < -0.39 is 4.92 Å². The molecule has 7 heteroatoms. The normalized spacial score (nSPS) is 23.7. The molecule has 0 bridgehead atoms. The lowest BCUT2D eigenvalue weighted by Crippen LogP contribution is -2.44. The number of piperidine rings is 1. The van der Waals surface area contributed by atoms with Crippen LogP contribution in [0.1, 0.15) is 13.3 Å². The van der Waals surface area contributed by atoms with Crippen LogP contribution in [-0.2, 0) is 6.54 Å². The van der Waals surface area contributed by atoms with Crippen molar-refractivity contribution in [1.29, 1.82) is 0 Å². The third-order valence-corrected chi connectivity index (χ3v) is 3.84. The Labute approximate surface area is 116 Å². The van der Waals surface area contributed by atoms with Crippen LogP contribution in [0.3, 0.4) is 0 Å². The molecular formula is C13H19N3O4. The van der Waals surface area contributed by atoms with Gasteiger partial charge in [-0.05, 0) is 18.9 Å². The molecular weight excluding hydrogens is 262 g/mol. The predicted octanol–water partition coefficient (Wildman–Crippen LogP) is 0.459. The van der Waals surface area contributed by atoms with E-state index in [0.717, 1.165) is 13.0 Å². The highest BCUT2D eigenvalue weighted by Gasteiger charge is 2.23. The molecule has 0 radical (unpaired) electrons. The zero-order valence-corrected chi connectivity index (χ0v) is 11.4. The van der Waals surface area contributed by atoms with Gasteiger partial charge in [-0.2, -0.15) is 0 Å². The first-order chi connectivity index (χ1) is 9.47. The van der Waals surface area contributed by atoms with Gasteiger partial charge in [0.25, 0.3) is 11.2 Å². The van der Waals surface area contributed by atoms with Gasteiger partial charge < -0.3 is 9.67 Å². The van der Waals surface area contributed by atoms with Crippen molar-refractivity contribution >= 4 is 5.69 Å². The van der Waals surface area contributed by atoms with Crippen LogP contribution in [0.25, 0.3) is 0 Å². The summed E-state index contributed by atoms with van der Waals surface area (Å²) in [6, 6.07) is 2.43. The molecule has 1 fully saturated rings. The van der Waals surface area contributed by atoms with E-state index >= 15 is 0 Å². The molecule has 20 heavy (non-hydrogen) atoms. The summed E-state index contributed by atoms with van der Waals surface area (Å²) in [5.41, 5.74) is -0.335. The highest BCUT2D eigenvalue weighted by Crippen LogP contribution is 2.16. The minimum atomic E-state index is -0.512. The Morgan fingerprint density at radius 1 is 1.45 bits per heavy atom. The number of rotatable bonds is 4. The van der Waals surface area contributed by atoms with E-state index in [1.165, 1.54) is 22.9 Å². The summed E-state index contributed by atoms with van der Waals surface area (Å²) in [6.07, 6.45) is 1.85. The second-order valence-corrected chi connectivity index (χ2v) is 5.31. The number of aliphatic hydroxyl groups is 1. The Balaban J connectivity index is 1.99. The number of hydrogen-bond acceptors (Lipinski definition) is 5. The van der Waals surface area contributed by atoms with E-state index in [1.807, 2.05) is 6.92 Å². The molecule has 1 aliphatic heterocycles. The van der Waals surface area contributed by atoms with E-state index in [0.29, 0.717) is 25.6 Å². The molecule has 7 nitrogen and oxygen atoms in total. The van der Waals surface area contributed by atoms with Crippen LogP contribution < -0.4 is 5.56 Å². The molecule has 110 valence electrons. The van der Waals surface area contributed by atoms with Crippen LogP contribution in [0.5, 0.6) is 0 Å². The lowest BCUT2D eigenvalue weighted by molar-refractivity contribution is -0.385. The van der Waals surface area contributed by atoms with Gasteiger partial charge in [-0.1, -0.05) is 6.92 Å². The molecule has 0 aliphatic carbocycles. The third kappa shape index (κ3) is 3.43. The zero-order chi connectivity index (χ0) is 14.7. The summed E-state index contributed by atoms with van der Waals surface area (Å²) in [5, 5.41) is 20.5. The molecule has 1 N–H and O–H groups in total. The van der Waals surface area contributed by atoms with Gasteiger partial charge in [-0.15, -0.1) is 0 Å². The summed E-state index contributed by atoms with van der Waals surface area (Å²) < 4.78 is 1.35. The summed E-state index contributed by atoms with van der Waals surface area (Å²) in [5.74, 6) is 0.298. The van der Waals surface area contributed by atoms with Gasteiger partial charge in [0.15, 0.2) is 0 Å². The van der Waals surface area contributed by atoms with E-state index in [9.17, 15) is 20.0 Å². The maximum atomic E-state index is 11.7. The Morgan fingerprint density at radius 2 is 2.20 bits per heavy atom. The summed E-state index contributed by atoms with van der Waals surface area (Å²) in [4.78, 5) is 23.9. The Hall–Kier alpha value is -1.73. The lowest BCUT2D eigenvalue weighted by Gasteiger charge is -2.34. The molecule has 2 unspecified atom stereocenters. The highest BCUT2D eigenvalue weighted by atomic mass is 16.6. The van der Waals surface area contributed by atoms with E-state index in [4.69, 9.17) is 0 Å². The van der Waals surface area contributed by atoms with E-state index in [-0.39, 0.29) is 17.4 Å². The fraction of sp³-hybridized carbons (Fsp3) is 0.615. The molecule has 1 aliphatic rings. The van der Waals surface area contributed by atoms with Crippen LogP contribution in [0.15, 0.2) is 23.1 Å². The Morgan fingerprint density at radius 3 is 2.85 bits per heavy atom. The molecule has 0 aromatic carbocycles. The second kappa shape index (κ2) is 6.15. The first kappa shape index (κ1) is 14.7. The van der Waals surface area contributed by atoms with Crippen molar-refractivity contribution in [2.24, 2.45) is 5.92 Å². The minimum Gasteiger partial charge on any atom is -0.392 e. The van der Waals surface area contributed by atoms with Gasteiger partial charge in [0, 0.05) is 31.8 Å². The highest BCUT2D eigenvalue weighted by molar-refractivity contribution is 5.24. The first-order valence-electron chi connectivity index (χ1n) is 6.72. The fourth-order valence-electron chi connectivity index (χ4n) is 2.37. The molecule has 1 saturated heterocycles. The number of hydrogen-bond donors (Lipinski definition) is 1. The number of β-amino-alcohol motifs (C(OH)–C–C–N with tert-alkyl or cyclic N) is 1. The standard InChI is InChI=1S/C13H19N3O4/c1-10-4-5-14(9-12(10)17)6-7-15-8-11(16(19)20)2-3-13(15)18/h2-3,8,10,12,17H,4-7,9H2,1H3. The van der Waals surface area contributed by atoms with Crippen molar-refractivity contribution in [2.45, 2.75) is 26.0 Å². The van der Waals surface area contributed by atoms with Crippen molar-refractivity contribution in [3.63, 3.8) is 0 Å². The number of pyridine rings is 1. The van der Waals surface area contributed by atoms with E-state index in [2.05, 4.69) is 4.90 Å². The number of aromatic nitrogens is 1. The summed E-state index contributed by atoms with van der Waals surface area (Å²) in [6.45, 7) is 4.48. The number of nitro groups is 1. The predicted molar refractivity (Wildman–Crippen MR) is 73.6 cm³/mol. The second-order valence-electron chi connectivity index (χ2n) is 5.31. The average molecular weight is 281 g/mol. The van der Waals surface area contributed by atoms with Crippen LogP contribution in [0.2, 0.25) is 0 Å². The smallest absolute Gasteiger partial charge is 0.285 e. The maximum Gasteiger partial charge on any atom is 0.285 e. The molecule has 1 aromatic heterocycles. The van der Waals surface area contributed by atoms with Crippen LogP contribution in [0.4, 0.5) is 5.69 Å². The van der Waals surface area contributed by atoms with Gasteiger partial charge in [-0.3, -0.25) is 19.8 Å². The van der Waals surface area contributed by atoms with Crippen molar-refractivity contribution in [2.75, 3.05) is 19.6 Å². The van der Waals surface area contributed by atoms with Crippen molar-refractivity contribution in [3.05, 3.63) is 38.8 Å². The van der Waals surface area contributed by atoms with E-state index in [1.54, 1.807) is 0 Å². The summed E-state index contributed by atoms with van der Waals surface area (Å²) >= 11 is 0. The lowest BCUT2D eigenvalue weighted by atomic mass is 9.96. The van der Waals surface area contributed by atoms with Gasteiger partial charge in [0.1, 0.15) is 0 Å². The van der Waals surface area contributed by atoms with Gasteiger partial charge in [0.2, 0.25) is 0 Å². The third-order valence-electron chi connectivity index (χ3n) is 3.84. The number of aliphatic hydroxyl groups excluding tert-OH is 1. The maximum absolute atomic E-state index is 11.7. The Bertz CT molecular complexity index is 543. The fourth-order valence-corrected chi connectivity index (χ4v) is 2.37. The van der Waals surface area contributed by atoms with Crippen molar-refractivity contribution in [3.8, 4) is 0 Å². The SMILES string of the molecule is CC1CCN(CCn2cc([N+](=O)[O-])ccc2=O)CC1O. The van der Waals surface area contributed by atoms with Crippen LogP contribution in [-0.4, -0.2) is 45.2 Å². The largest absolute Gasteiger partial charge is 0.392 e.